The van der Waals surface area contributed by atoms with Crippen LogP contribution in [0.2, 0.25) is 0 Å². The molecule has 2 aromatic carbocycles. The molecule has 198 valence electrons. The van der Waals surface area contributed by atoms with Gasteiger partial charge < -0.3 is 24.3 Å². The second-order valence-corrected chi connectivity index (χ2v) is 10.2. The third-order valence-electron chi connectivity index (χ3n) is 8.64. The van der Waals surface area contributed by atoms with Gasteiger partial charge in [-0.1, -0.05) is 13.3 Å². The first-order valence-corrected chi connectivity index (χ1v) is 13.1. The minimum atomic E-state index is 0. The third-order valence-corrected chi connectivity index (χ3v) is 8.64. The Labute approximate surface area is 222 Å². The lowest BCUT2D eigenvalue weighted by Crippen LogP contribution is -2.46. The standard InChI is InChI=1S/C29H40N2O4.ClH/c1-6-18-17-31-10-8-20-14-27(33-3)29(35-5)16-23(20)25(31)12-21(18)11-24-22-15-28(34-4)26(32-2)13-19(22)7-9-30-24;/h13-16,18,21,24-25,30H,6-12,17H2,1-5H3;1H/t18-,21-,24+,25-;/m0./s1. The van der Waals surface area contributed by atoms with Crippen LogP contribution in [0.3, 0.4) is 0 Å². The first kappa shape index (κ1) is 26.9. The van der Waals surface area contributed by atoms with Gasteiger partial charge in [0, 0.05) is 25.2 Å². The molecule has 2 aromatic rings. The topological polar surface area (TPSA) is 52.2 Å². The van der Waals surface area contributed by atoms with E-state index >= 15 is 0 Å². The van der Waals surface area contributed by atoms with Crippen LogP contribution in [0.15, 0.2) is 24.3 Å². The van der Waals surface area contributed by atoms with Crippen molar-refractivity contribution in [2.75, 3.05) is 48.1 Å². The average molecular weight is 517 g/mol. The maximum absolute atomic E-state index is 5.68. The molecule has 0 aliphatic carbocycles. The van der Waals surface area contributed by atoms with Crippen molar-refractivity contribution in [1.82, 2.24) is 10.2 Å². The molecule has 0 radical (unpaired) electrons. The van der Waals surface area contributed by atoms with Crippen LogP contribution in [0.1, 0.15) is 60.5 Å². The summed E-state index contributed by atoms with van der Waals surface area (Å²) in [6, 6.07) is 9.61. The number of nitrogens with one attached hydrogen (secondary N) is 1. The number of piperidine rings is 1. The van der Waals surface area contributed by atoms with E-state index in [2.05, 4.69) is 41.4 Å². The molecule has 1 fully saturated rings. The van der Waals surface area contributed by atoms with Gasteiger partial charge in [0.1, 0.15) is 0 Å². The molecule has 4 atom stereocenters. The van der Waals surface area contributed by atoms with Gasteiger partial charge in [-0.3, -0.25) is 4.90 Å². The van der Waals surface area contributed by atoms with Crippen molar-refractivity contribution in [3.05, 3.63) is 46.5 Å². The fourth-order valence-corrected chi connectivity index (χ4v) is 6.74. The van der Waals surface area contributed by atoms with Gasteiger partial charge in [-0.2, -0.15) is 0 Å². The minimum absolute atomic E-state index is 0. The summed E-state index contributed by atoms with van der Waals surface area (Å²) < 4.78 is 22.5. The van der Waals surface area contributed by atoms with Crippen LogP contribution in [0.4, 0.5) is 0 Å². The Bertz CT molecular complexity index is 1060. The molecule has 3 aliphatic rings. The zero-order chi connectivity index (χ0) is 24.5. The summed E-state index contributed by atoms with van der Waals surface area (Å²) in [7, 11) is 6.90. The molecule has 7 heteroatoms. The van der Waals surface area contributed by atoms with E-state index in [1.54, 1.807) is 28.4 Å². The van der Waals surface area contributed by atoms with Gasteiger partial charge in [0.15, 0.2) is 23.0 Å². The molecule has 5 rings (SSSR count). The van der Waals surface area contributed by atoms with Crippen molar-refractivity contribution in [3.63, 3.8) is 0 Å². The molecule has 3 heterocycles. The second-order valence-electron chi connectivity index (χ2n) is 10.2. The Balaban J connectivity index is 0.00000304. The van der Waals surface area contributed by atoms with Crippen LogP contribution >= 0.6 is 12.4 Å². The quantitative estimate of drug-likeness (QED) is 0.534. The van der Waals surface area contributed by atoms with Gasteiger partial charge in [-0.15, -0.1) is 12.4 Å². The van der Waals surface area contributed by atoms with Crippen molar-refractivity contribution in [3.8, 4) is 23.0 Å². The molecule has 0 aromatic heterocycles. The number of ether oxygens (including phenoxy) is 4. The number of halogens is 1. The molecule has 0 spiro atoms. The van der Waals surface area contributed by atoms with Gasteiger partial charge in [-0.05, 0) is 90.6 Å². The molecule has 3 aliphatic heterocycles. The smallest absolute Gasteiger partial charge is 0.161 e. The van der Waals surface area contributed by atoms with Crippen molar-refractivity contribution in [2.24, 2.45) is 11.8 Å². The van der Waals surface area contributed by atoms with Crippen molar-refractivity contribution < 1.29 is 18.9 Å². The van der Waals surface area contributed by atoms with Crippen molar-refractivity contribution in [2.45, 2.75) is 51.1 Å². The highest BCUT2D eigenvalue weighted by molar-refractivity contribution is 5.85. The molecule has 0 unspecified atom stereocenters. The fraction of sp³-hybridized carbons (Fsp3) is 0.586. The summed E-state index contributed by atoms with van der Waals surface area (Å²) in [5, 5.41) is 3.83. The van der Waals surface area contributed by atoms with Gasteiger partial charge in [-0.25, -0.2) is 0 Å². The summed E-state index contributed by atoms with van der Waals surface area (Å²) >= 11 is 0. The van der Waals surface area contributed by atoms with Crippen LogP contribution in [0.5, 0.6) is 23.0 Å². The average Bonchev–Trinajstić information content (AvgIpc) is 2.91. The Kier molecular flexibility index (Phi) is 8.59. The van der Waals surface area contributed by atoms with Crippen molar-refractivity contribution >= 4 is 12.4 Å². The van der Waals surface area contributed by atoms with Gasteiger partial charge >= 0.3 is 0 Å². The third kappa shape index (κ3) is 4.88. The molecule has 1 N–H and O–H groups in total. The number of fused-ring (bicyclic) bond motifs is 4. The molecule has 0 saturated carbocycles. The van der Waals surface area contributed by atoms with E-state index in [9.17, 15) is 0 Å². The molecule has 0 bridgehead atoms. The monoisotopic (exact) mass is 516 g/mol. The molecular formula is C29H41ClN2O4. The lowest BCUT2D eigenvalue weighted by Gasteiger charge is -2.48. The lowest BCUT2D eigenvalue weighted by molar-refractivity contribution is 0.0434. The Morgan fingerprint density at radius 3 is 2.00 bits per heavy atom. The maximum Gasteiger partial charge on any atom is 0.161 e. The summed E-state index contributed by atoms with van der Waals surface area (Å²) in [5.41, 5.74) is 5.60. The number of nitrogens with zero attached hydrogens (tertiary/aromatic N) is 1. The highest BCUT2D eigenvalue weighted by Crippen LogP contribution is 2.48. The van der Waals surface area contributed by atoms with E-state index in [4.69, 9.17) is 18.9 Å². The van der Waals surface area contributed by atoms with E-state index < -0.39 is 0 Å². The summed E-state index contributed by atoms with van der Waals surface area (Å²) in [4.78, 5) is 2.72. The van der Waals surface area contributed by atoms with Crippen molar-refractivity contribution in [1.29, 1.82) is 0 Å². The zero-order valence-corrected chi connectivity index (χ0v) is 23.1. The van der Waals surface area contributed by atoms with E-state index in [-0.39, 0.29) is 12.4 Å². The Hall–Kier alpha value is -2.15. The number of rotatable bonds is 7. The predicted molar refractivity (Wildman–Crippen MR) is 145 cm³/mol. The highest BCUT2D eigenvalue weighted by Gasteiger charge is 2.40. The molecule has 36 heavy (non-hydrogen) atoms. The van der Waals surface area contributed by atoms with E-state index in [0.29, 0.717) is 23.9 Å². The molecule has 0 amide bonds. The molecule has 6 nitrogen and oxygen atoms in total. The predicted octanol–water partition coefficient (Wildman–Crippen LogP) is 5.37. The maximum atomic E-state index is 5.68. The molecule has 1 saturated heterocycles. The van der Waals surface area contributed by atoms with Crippen LogP contribution in [-0.4, -0.2) is 53.0 Å². The van der Waals surface area contributed by atoms with E-state index in [0.717, 1.165) is 55.4 Å². The second kappa shape index (κ2) is 11.5. The first-order valence-electron chi connectivity index (χ1n) is 13.1. The summed E-state index contributed by atoms with van der Waals surface area (Å²) in [6.07, 6.45) is 5.65. The van der Waals surface area contributed by atoms with E-state index in [1.807, 2.05) is 0 Å². The fourth-order valence-electron chi connectivity index (χ4n) is 6.74. The van der Waals surface area contributed by atoms with Crippen LogP contribution in [0, 0.1) is 11.8 Å². The van der Waals surface area contributed by atoms with Gasteiger partial charge in [0.2, 0.25) is 0 Å². The number of hydrogen-bond donors (Lipinski definition) is 1. The Morgan fingerprint density at radius 2 is 1.39 bits per heavy atom. The Morgan fingerprint density at radius 1 is 0.806 bits per heavy atom. The van der Waals surface area contributed by atoms with E-state index in [1.165, 1.54) is 41.6 Å². The van der Waals surface area contributed by atoms with Crippen LogP contribution in [-0.2, 0) is 12.8 Å². The van der Waals surface area contributed by atoms with Gasteiger partial charge in [0.05, 0.1) is 28.4 Å². The van der Waals surface area contributed by atoms with Crippen LogP contribution < -0.4 is 24.3 Å². The number of hydrogen-bond acceptors (Lipinski definition) is 6. The normalized spacial score (nSPS) is 25.0. The highest BCUT2D eigenvalue weighted by atomic mass is 35.5. The number of methoxy groups -OCH3 is 4. The first-order chi connectivity index (χ1) is 17.1. The zero-order valence-electron chi connectivity index (χ0n) is 22.3. The number of benzene rings is 2. The summed E-state index contributed by atoms with van der Waals surface area (Å²) in [5.74, 6) is 4.69. The molecular weight excluding hydrogens is 476 g/mol. The SMILES string of the molecule is CC[C@H]1CN2CCc3cc(OC)c(OC)cc3[C@@H]2C[C@@H]1C[C@H]1NCCc2cc(OC)c(OC)cc21.Cl. The largest absolute Gasteiger partial charge is 0.493 e. The summed E-state index contributed by atoms with van der Waals surface area (Å²) in [6.45, 7) is 5.66. The van der Waals surface area contributed by atoms with Gasteiger partial charge in [0.25, 0.3) is 0 Å². The minimum Gasteiger partial charge on any atom is -0.493 e. The van der Waals surface area contributed by atoms with Crippen LogP contribution in [0.25, 0.3) is 0 Å². The lowest BCUT2D eigenvalue weighted by atomic mass is 9.72.